The molecule has 1 aliphatic rings. The summed E-state index contributed by atoms with van der Waals surface area (Å²) in [5.74, 6) is -1.54. The van der Waals surface area contributed by atoms with Crippen LogP contribution < -0.4 is 5.43 Å². The van der Waals surface area contributed by atoms with Crippen LogP contribution >= 0.6 is 0 Å². The van der Waals surface area contributed by atoms with Crippen LogP contribution in [0, 0.1) is 5.92 Å². The largest absolute Gasteiger partial charge is 0.478 e. The Hall–Kier alpha value is -1.24. The van der Waals surface area contributed by atoms with E-state index in [2.05, 4.69) is 5.43 Å². The predicted molar refractivity (Wildman–Crippen MR) is 50.3 cm³/mol. The number of nitrogens with one attached hydrogen (secondary N) is 1. The van der Waals surface area contributed by atoms with Crippen LogP contribution in [0.5, 0.6) is 0 Å². The van der Waals surface area contributed by atoms with Crippen LogP contribution in [-0.4, -0.2) is 35.4 Å². The molecule has 0 saturated carbocycles. The molecule has 1 aliphatic heterocycles. The van der Waals surface area contributed by atoms with Crippen molar-refractivity contribution in [2.75, 3.05) is 13.1 Å². The van der Waals surface area contributed by atoms with Crippen LogP contribution in [0.15, 0.2) is 11.3 Å². The molecule has 4 nitrogen and oxygen atoms in total. The molecule has 7 heteroatoms. The summed E-state index contributed by atoms with van der Waals surface area (Å²) < 4.78 is 38.0. The van der Waals surface area contributed by atoms with E-state index in [9.17, 15) is 18.0 Å². The number of hydrogen-bond acceptors (Lipinski definition) is 3. The molecule has 0 aromatic carbocycles. The van der Waals surface area contributed by atoms with Gasteiger partial charge in [0.25, 0.3) is 0 Å². The SMILES string of the molecule is CC(C)CN1NCC(C(=O)O)=C1C(F)(F)F. The lowest BCUT2D eigenvalue weighted by molar-refractivity contribution is -0.135. The summed E-state index contributed by atoms with van der Waals surface area (Å²) in [5.41, 5.74) is 0.714. The Kier molecular flexibility index (Phi) is 3.47. The van der Waals surface area contributed by atoms with Crippen molar-refractivity contribution in [3.63, 3.8) is 0 Å². The number of hydrazine groups is 1. The average Bonchev–Trinajstić information content (AvgIpc) is 2.45. The molecule has 2 N–H and O–H groups in total. The van der Waals surface area contributed by atoms with Crippen molar-refractivity contribution < 1.29 is 23.1 Å². The number of nitrogens with zero attached hydrogens (tertiary/aromatic N) is 1. The van der Waals surface area contributed by atoms with Crippen LogP contribution in [0.4, 0.5) is 13.2 Å². The van der Waals surface area contributed by atoms with Crippen LogP contribution in [0.1, 0.15) is 13.8 Å². The number of halogens is 3. The summed E-state index contributed by atoms with van der Waals surface area (Å²) in [4.78, 5) is 10.7. The van der Waals surface area contributed by atoms with E-state index in [-0.39, 0.29) is 19.0 Å². The Labute approximate surface area is 90.7 Å². The van der Waals surface area contributed by atoms with Gasteiger partial charge in [-0.2, -0.15) is 13.2 Å². The van der Waals surface area contributed by atoms with Gasteiger partial charge in [-0.3, -0.25) is 0 Å². The molecule has 0 amide bonds. The van der Waals surface area contributed by atoms with Gasteiger partial charge in [-0.1, -0.05) is 13.8 Å². The molecule has 0 fully saturated rings. The van der Waals surface area contributed by atoms with E-state index in [0.29, 0.717) is 0 Å². The molecule has 0 aliphatic carbocycles. The summed E-state index contributed by atoms with van der Waals surface area (Å²) in [5, 5.41) is 9.54. The first-order valence-corrected chi connectivity index (χ1v) is 4.78. The number of aliphatic carboxylic acids is 1. The minimum atomic E-state index is -4.65. The minimum absolute atomic E-state index is 0.00186. The van der Waals surface area contributed by atoms with Gasteiger partial charge in [0, 0.05) is 13.1 Å². The second-order valence-corrected chi connectivity index (χ2v) is 3.97. The highest BCUT2D eigenvalue weighted by molar-refractivity contribution is 5.88. The maximum atomic E-state index is 12.7. The van der Waals surface area contributed by atoms with Crippen molar-refractivity contribution in [3.05, 3.63) is 11.3 Å². The molecular weight excluding hydrogens is 225 g/mol. The van der Waals surface area contributed by atoms with Gasteiger partial charge in [0.1, 0.15) is 5.70 Å². The van der Waals surface area contributed by atoms with Crippen LogP contribution in [0.25, 0.3) is 0 Å². The van der Waals surface area contributed by atoms with Crippen molar-refractivity contribution in [3.8, 4) is 0 Å². The number of rotatable bonds is 3. The molecule has 0 bridgehead atoms. The zero-order valence-corrected chi connectivity index (χ0v) is 8.93. The van der Waals surface area contributed by atoms with Crippen LogP contribution in [0.3, 0.4) is 0 Å². The molecule has 0 unspecified atom stereocenters. The molecule has 1 heterocycles. The summed E-state index contributed by atoms with van der Waals surface area (Å²) in [6, 6.07) is 0. The van der Waals surface area contributed by atoms with Crippen LogP contribution in [-0.2, 0) is 4.79 Å². The first-order chi connectivity index (χ1) is 7.23. The molecular formula is C9H13F3N2O2. The van der Waals surface area contributed by atoms with Gasteiger partial charge in [0.2, 0.25) is 0 Å². The average molecular weight is 238 g/mol. The first kappa shape index (κ1) is 12.8. The van der Waals surface area contributed by atoms with E-state index < -0.39 is 23.4 Å². The monoisotopic (exact) mass is 238 g/mol. The van der Waals surface area contributed by atoms with Gasteiger partial charge in [-0.05, 0) is 5.92 Å². The molecule has 0 aromatic rings. The fourth-order valence-corrected chi connectivity index (χ4v) is 1.52. The minimum Gasteiger partial charge on any atom is -0.478 e. The van der Waals surface area contributed by atoms with E-state index in [1.54, 1.807) is 13.8 Å². The highest BCUT2D eigenvalue weighted by atomic mass is 19.4. The molecule has 0 radical (unpaired) electrons. The fourth-order valence-electron chi connectivity index (χ4n) is 1.52. The summed E-state index contributed by atoms with van der Waals surface area (Å²) in [6.07, 6.45) is -4.65. The summed E-state index contributed by atoms with van der Waals surface area (Å²) >= 11 is 0. The zero-order valence-electron chi connectivity index (χ0n) is 8.93. The number of carboxylic acid groups (broad SMARTS) is 1. The quantitative estimate of drug-likeness (QED) is 0.779. The van der Waals surface area contributed by atoms with Crippen molar-refractivity contribution in [1.82, 2.24) is 10.4 Å². The number of carboxylic acids is 1. The zero-order chi connectivity index (χ0) is 12.5. The topological polar surface area (TPSA) is 52.6 Å². The van der Waals surface area contributed by atoms with Gasteiger partial charge < -0.3 is 10.1 Å². The van der Waals surface area contributed by atoms with Gasteiger partial charge >= 0.3 is 12.1 Å². The maximum Gasteiger partial charge on any atom is 0.433 e. The second-order valence-electron chi connectivity index (χ2n) is 3.97. The van der Waals surface area contributed by atoms with Gasteiger partial charge in [0.15, 0.2) is 0 Å². The molecule has 92 valence electrons. The van der Waals surface area contributed by atoms with Crippen molar-refractivity contribution in [1.29, 1.82) is 0 Å². The number of carbonyl (C=O) groups is 1. The van der Waals surface area contributed by atoms with E-state index in [4.69, 9.17) is 5.11 Å². The third-order valence-electron chi connectivity index (χ3n) is 2.08. The second kappa shape index (κ2) is 4.32. The Morgan fingerprint density at radius 1 is 1.56 bits per heavy atom. The highest BCUT2D eigenvalue weighted by Gasteiger charge is 2.45. The van der Waals surface area contributed by atoms with Gasteiger partial charge in [-0.25, -0.2) is 10.2 Å². The third kappa shape index (κ3) is 2.66. The Balaban J connectivity index is 3.04. The fraction of sp³-hybridized carbons (Fsp3) is 0.667. The van der Waals surface area contributed by atoms with Gasteiger partial charge in [-0.15, -0.1) is 0 Å². The number of hydrogen-bond donors (Lipinski definition) is 2. The first-order valence-electron chi connectivity index (χ1n) is 4.78. The maximum absolute atomic E-state index is 12.7. The standard InChI is InChI=1S/C9H13F3N2O2/c1-5(2)4-14-7(9(10,11)12)6(3-13-14)8(15)16/h5,13H,3-4H2,1-2H3,(H,15,16). The normalized spacial score (nSPS) is 17.5. The van der Waals surface area contributed by atoms with Crippen molar-refractivity contribution in [2.45, 2.75) is 20.0 Å². The van der Waals surface area contributed by atoms with E-state index in [0.717, 1.165) is 5.01 Å². The summed E-state index contributed by atoms with van der Waals surface area (Å²) in [6.45, 7) is 3.34. The molecule has 0 saturated heterocycles. The molecule has 0 spiro atoms. The van der Waals surface area contributed by atoms with E-state index in [1.807, 2.05) is 0 Å². The van der Waals surface area contributed by atoms with Crippen molar-refractivity contribution >= 4 is 5.97 Å². The van der Waals surface area contributed by atoms with Crippen LogP contribution in [0.2, 0.25) is 0 Å². The lowest BCUT2D eigenvalue weighted by Gasteiger charge is -2.25. The van der Waals surface area contributed by atoms with E-state index >= 15 is 0 Å². The van der Waals surface area contributed by atoms with Crippen molar-refractivity contribution in [2.24, 2.45) is 5.92 Å². The predicted octanol–water partition coefficient (Wildman–Crippen LogP) is 1.36. The third-order valence-corrected chi connectivity index (χ3v) is 2.08. The Morgan fingerprint density at radius 2 is 2.12 bits per heavy atom. The number of alkyl halides is 3. The summed E-state index contributed by atoms with van der Waals surface area (Å²) in [7, 11) is 0. The smallest absolute Gasteiger partial charge is 0.433 e. The lowest BCUT2D eigenvalue weighted by Crippen LogP contribution is -2.39. The Bertz CT molecular complexity index is 323. The lowest BCUT2D eigenvalue weighted by atomic mass is 10.2. The molecule has 16 heavy (non-hydrogen) atoms. The molecule has 0 aromatic heterocycles. The number of allylic oxidation sites excluding steroid dienone is 1. The van der Waals surface area contributed by atoms with Gasteiger partial charge in [0.05, 0.1) is 5.57 Å². The van der Waals surface area contributed by atoms with E-state index in [1.165, 1.54) is 0 Å². The Morgan fingerprint density at radius 3 is 2.50 bits per heavy atom. The molecule has 1 rings (SSSR count). The highest BCUT2D eigenvalue weighted by Crippen LogP contribution is 2.33. The molecule has 0 atom stereocenters.